The molecule has 66 valence electrons. The molecule has 2 N–H and O–H groups in total. The first kappa shape index (κ1) is 9.78. The van der Waals surface area contributed by atoms with Crippen LogP contribution in [0.1, 0.15) is 12.5 Å². The van der Waals surface area contributed by atoms with Crippen LogP contribution in [0.25, 0.3) is 0 Å². The summed E-state index contributed by atoms with van der Waals surface area (Å²) in [5.41, 5.74) is 6.50. The van der Waals surface area contributed by atoms with Crippen molar-refractivity contribution in [2.75, 3.05) is 0 Å². The highest BCUT2D eigenvalue weighted by molar-refractivity contribution is 6.35. The summed E-state index contributed by atoms with van der Waals surface area (Å²) in [5, 5.41) is 1.17. The van der Waals surface area contributed by atoms with Gasteiger partial charge < -0.3 is 5.73 Å². The highest BCUT2D eigenvalue weighted by atomic mass is 35.5. The Bertz CT molecular complexity index is 254. The van der Waals surface area contributed by atoms with Crippen LogP contribution < -0.4 is 5.73 Å². The van der Waals surface area contributed by atoms with Gasteiger partial charge in [0, 0.05) is 18.4 Å². The highest BCUT2D eigenvalue weighted by Gasteiger charge is 2.07. The molecule has 0 saturated heterocycles. The molecule has 0 saturated carbocycles. The molecule has 1 atom stereocenters. The monoisotopic (exact) mass is 204 g/mol. The number of nitrogens with two attached hydrogens (primary N) is 1. The molecule has 4 heteroatoms. The van der Waals surface area contributed by atoms with E-state index < -0.39 is 0 Å². The first-order valence-electron chi connectivity index (χ1n) is 3.64. The van der Waals surface area contributed by atoms with E-state index in [9.17, 15) is 0 Å². The van der Waals surface area contributed by atoms with Crippen molar-refractivity contribution in [1.29, 1.82) is 0 Å². The second kappa shape index (κ2) is 4.08. The number of halogens is 2. The van der Waals surface area contributed by atoms with Crippen LogP contribution in [0.5, 0.6) is 0 Å². The minimum Gasteiger partial charge on any atom is -0.328 e. The van der Waals surface area contributed by atoms with Crippen molar-refractivity contribution in [3.8, 4) is 0 Å². The lowest BCUT2D eigenvalue weighted by atomic mass is 10.1. The molecule has 1 heterocycles. The van der Waals surface area contributed by atoms with Crippen LogP contribution in [0.15, 0.2) is 12.4 Å². The van der Waals surface area contributed by atoms with Crippen LogP contribution in [0.4, 0.5) is 0 Å². The van der Waals surface area contributed by atoms with E-state index in [0.717, 1.165) is 5.56 Å². The summed E-state index contributed by atoms with van der Waals surface area (Å²) >= 11 is 11.7. The molecule has 2 nitrogen and oxygen atoms in total. The Kier molecular flexibility index (Phi) is 3.32. The molecule has 0 amide bonds. The molecule has 0 bridgehead atoms. The van der Waals surface area contributed by atoms with Crippen LogP contribution in [-0.2, 0) is 6.42 Å². The third-order valence-electron chi connectivity index (χ3n) is 1.48. The first-order chi connectivity index (χ1) is 5.61. The quantitative estimate of drug-likeness (QED) is 0.804. The first-order valence-corrected chi connectivity index (χ1v) is 4.40. The Morgan fingerprint density at radius 1 is 1.42 bits per heavy atom. The molecule has 1 aromatic rings. The van der Waals surface area contributed by atoms with Gasteiger partial charge in [0.2, 0.25) is 0 Å². The summed E-state index contributed by atoms with van der Waals surface area (Å²) in [5.74, 6) is 0. The van der Waals surface area contributed by atoms with Crippen LogP contribution >= 0.6 is 23.2 Å². The van der Waals surface area contributed by atoms with Gasteiger partial charge in [-0.2, -0.15) is 0 Å². The molecule has 1 aromatic heterocycles. The minimum absolute atomic E-state index is 0.0578. The van der Waals surface area contributed by atoms with Gasteiger partial charge in [-0.3, -0.25) is 4.98 Å². The zero-order chi connectivity index (χ0) is 9.14. The van der Waals surface area contributed by atoms with E-state index in [1.807, 2.05) is 6.92 Å². The normalized spacial score (nSPS) is 13.0. The number of hydrogen-bond donors (Lipinski definition) is 1. The number of pyridine rings is 1. The van der Waals surface area contributed by atoms with Crippen molar-refractivity contribution < 1.29 is 0 Å². The van der Waals surface area contributed by atoms with Gasteiger partial charge in [-0.15, -0.1) is 0 Å². The predicted octanol–water partition coefficient (Wildman–Crippen LogP) is 2.28. The van der Waals surface area contributed by atoms with E-state index in [1.54, 1.807) is 12.4 Å². The molecule has 0 aromatic carbocycles. The second-order valence-corrected chi connectivity index (χ2v) is 3.58. The van der Waals surface area contributed by atoms with Gasteiger partial charge in [0.1, 0.15) is 0 Å². The molecule has 1 rings (SSSR count). The Morgan fingerprint density at radius 3 is 2.33 bits per heavy atom. The Hall–Kier alpha value is -0.310. The predicted molar refractivity (Wildman–Crippen MR) is 51.6 cm³/mol. The molecule has 0 spiro atoms. The summed E-state index contributed by atoms with van der Waals surface area (Å²) in [6.45, 7) is 1.91. The van der Waals surface area contributed by atoms with Gasteiger partial charge in [0.15, 0.2) is 0 Å². The van der Waals surface area contributed by atoms with Crippen molar-refractivity contribution >= 4 is 23.2 Å². The van der Waals surface area contributed by atoms with Crippen LogP contribution in [-0.4, -0.2) is 11.0 Å². The average molecular weight is 205 g/mol. The number of rotatable bonds is 2. The third-order valence-corrected chi connectivity index (χ3v) is 2.13. The average Bonchev–Trinajstić information content (AvgIpc) is 1.97. The van der Waals surface area contributed by atoms with Gasteiger partial charge in [0.05, 0.1) is 10.0 Å². The molecule has 0 aliphatic heterocycles. The largest absolute Gasteiger partial charge is 0.328 e. The molecular weight excluding hydrogens is 195 g/mol. The zero-order valence-electron chi connectivity index (χ0n) is 6.72. The van der Waals surface area contributed by atoms with Crippen molar-refractivity contribution in [1.82, 2.24) is 4.98 Å². The van der Waals surface area contributed by atoms with Crippen molar-refractivity contribution in [3.05, 3.63) is 28.0 Å². The van der Waals surface area contributed by atoms with Crippen molar-refractivity contribution in [2.24, 2.45) is 5.73 Å². The summed E-state index contributed by atoms with van der Waals surface area (Å²) in [6, 6.07) is 0.0578. The molecule has 0 unspecified atom stereocenters. The smallest absolute Gasteiger partial charge is 0.0636 e. The standard InChI is InChI=1S/C8H10Cl2N2/c1-5(11)2-6-7(9)3-12-4-8(6)10/h3-5H,2,11H2,1H3/t5-/m0/s1. The third kappa shape index (κ3) is 2.34. The molecule has 0 radical (unpaired) electrons. The fourth-order valence-corrected chi connectivity index (χ4v) is 1.47. The SMILES string of the molecule is C[C@H](N)Cc1c(Cl)cncc1Cl. The van der Waals surface area contributed by atoms with Gasteiger partial charge in [-0.25, -0.2) is 0 Å². The summed E-state index contributed by atoms with van der Waals surface area (Å²) in [4.78, 5) is 3.85. The fourth-order valence-electron chi connectivity index (χ4n) is 0.955. The van der Waals surface area contributed by atoms with Crippen molar-refractivity contribution in [3.63, 3.8) is 0 Å². The van der Waals surface area contributed by atoms with E-state index in [1.165, 1.54) is 0 Å². The molecular formula is C8H10Cl2N2. The maximum Gasteiger partial charge on any atom is 0.0636 e. The number of nitrogens with zero attached hydrogens (tertiary/aromatic N) is 1. The zero-order valence-corrected chi connectivity index (χ0v) is 8.23. The van der Waals surface area contributed by atoms with Crippen LogP contribution in [0, 0.1) is 0 Å². The lowest BCUT2D eigenvalue weighted by Gasteiger charge is -2.08. The number of hydrogen-bond acceptors (Lipinski definition) is 2. The van der Waals surface area contributed by atoms with E-state index in [2.05, 4.69) is 4.98 Å². The van der Waals surface area contributed by atoms with E-state index in [4.69, 9.17) is 28.9 Å². The van der Waals surface area contributed by atoms with Gasteiger partial charge in [-0.1, -0.05) is 23.2 Å². The van der Waals surface area contributed by atoms with Crippen molar-refractivity contribution in [2.45, 2.75) is 19.4 Å². The van der Waals surface area contributed by atoms with Crippen LogP contribution in [0.3, 0.4) is 0 Å². The number of aromatic nitrogens is 1. The maximum absolute atomic E-state index is 5.87. The summed E-state index contributed by atoms with van der Waals surface area (Å²) in [6.07, 6.45) is 3.83. The molecule has 12 heavy (non-hydrogen) atoms. The topological polar surface area (TPSA) is 38.9 Å². The van der Waals surface area contributed by atoms with Crippen LogP contribution in [0.2, 0.25) is 10.0 Å². The van der Waals surface area contributed by atoms with E-state index in [0.29, 0.717) is 16.5 Å². The lowest BCUT2D eigenvalue weighted by Crippen LogP contribution is -2.18. The molecule has 0 fully saturated rings. The Balaban J connectivity index is 2.96. The summed E-state index contributed by atoms with van der Waals surface area (Å²) < 4.78 is 0. The fraction of sp³-hybridized carbons (Fsp3) is 0.375. The van der Waals surface area contributed by atoms with E-state index in [-0.39, 0.29) is 6.04 Å². The van der Waals surface area contributed by atoms with Gasteiger partial charge in [-0.05, 0) is 18.9 Å². The summed E-state index contributed by atoms with van der Waals surface area (Å²) in [7, 11) is 0. The van der Waals surface area contributed by atoms with E-state index >= 15 is 0 Å². The minimum atomic E-state index is 0.0578. The van der Waals surface area contributed by atoms with Gasteiger partial charge >= 0.3 is 0 Å². The Morgan fingerprint density at radius 2 is 1.92 bits per heavy atom. The second-order valence-electron chi connectivity index (χ2n) is 2.76. The molecule has 0 aliphatic carbocycles. The van der Waals surface area contributed by atoms with Gasteiger partial charge in [0.25, 0.3) is 0 Å². The highest BCUT2D eigenvalue weighted by Crippen LogP contribution is 2.23. The Labute approximate surface area is 81.7 Å². The molecule has 0 aliphatic rings. The lowest BCUT2D eigenvalue weighted by molar-refractivity contribution is 0.737. The maximum atomic E-state index is 5.87.